The summed E-state index contributed by atoms with van der Waals surface area (Å²) in [6, 6.07) is 7.79. The third kappa shape index (κ3) is 2.73. The fraction of sp³-hybridized carbons (Fsp3) is 0.467. The Hall–Kier alpha value is -1.72. The van der Waals surface area contributed by atoms with Crippen molar-refractivity contribution in [3.8, 4) is 0 Å². The maximum atomic E-state index is 9.97. The van der Waals surface area contributed by atoms with Gasteiger partial charge in [0, 0.05) is 18.5 Å². The molecule has 20 heavy (non-hydrogen) atoms. The van der Waals surface area contributed by atoms with E-state index < -0.39 is 5.60 Å². The minimum absolute atomic E-state index is 0.528. The van der Waals surface area contributed by atoms with E-state index in [4.69, 9.17) is 5.73 Å². The molecule has 5 heteroatoms. The molecular weight excluding hydrogens is 252 g/mol. The number of para-hydroxylation sites is 1. The fourth-order valence-corrected chi connectivity index (χ4v) is 2.61. The lowest BCUT2D eigenvalue weighted by molar-refractivity contribution is -0.00785. The van der Waals surface area contributed by atoms with E-state index in [0.29, 0.717) is 12.4 Å². The highest BCUT2D eigenvalue weighted by molar-refractivity contribution is 5.87. The van der Waals surface area contributed by atoms with Gasteiger partial charge >= 0.3 is 0 Å². The van der Waals surface area contributed by atoms with E-state index in [1.165, 1.54) is 0 Å². The molecule has 0 bridgehead atoms. The average molecular weight is 272 g/mol. The molecule has 5 nitrogen and oxygen atoms in total. The predicted octanol–water partition coefficient (Wildman–Crippen LogP) is 1.56. The van der Waals surface area contributed by atoms with E-state index in [1.807, 2.05) is 31.2 Å². The Morgan fingerprint density at radius 3 is 2.70 bits per heavy atom. The van der Waals surface area contributed by atoms with Crippen molar-refractivity contribution < 1.29 is 5.11 Å². The Morgan fingerprint density at radius 1 is 1.25 bits per heavy atom. The Balaban J connectivity index is 1.78. The van der Waals surface area contributed by atoms with Crippen LogP contribution in [0.3, 0.4) is 0 Å². The molecule has 2 heterocycles. The number of aliphatic hydroxyl groups is 1. The number of aromatic nitrogens is 2. The molecule has 1 fully saturated rings. The molecule has 1 aromatic carbocycles. The van der Waals surface area contributed by atoms with Crippen LogP contribution in [0.5, 0.6) is 0 Å². The first kappa shape index (κ1) is 13.3. The summed E-state index contributed by atoms with van der Waals surface area (Å²) in [6.07, 6.45) is 1.58. The summed E-state index contributed by atoms with van der Waals surface area (Å²) < 4.78 is 0. The van der Waals surface area contributed by atoms with Crippen molar-refractivity contribution in [2.75, 3.05) is 18.8 Å². The molecule has 0 unspecified atom stereocenters. The lowest BCUT2D eigenvalue weighted by Crippen LogP contribution is -2.42. The van der Waals surface area contributed by atoms with E-state index in [2.05, 4.69) is 14.9 Å². The summed E-state index contributed by atoms with van der Waals surface area (Å²) in [4.78, 5) is 11.2. The standard InChI is InChI=1S/C15H20N4O/c1-15(20)6-8-19(9-7-15)10-13-17-12-5-3-2-4-11(12)14(16)18-13/h2-5,20H,6-10H2,1H3,(H2,16,17,18). The van der Waals surface area contributed by atoms with E-state index in [9.17, 15) is 5.11 Å². The molecule has 0 atom stereocenters. The molecule has 3 rings (SSSR count). The van der Waals surface area contributed by atoms with Crippen LogP contribution in [-0.2, 0) is 6.54 Å². The average Bonchev–Trinajstić information content (AvgIpc) is 2.41. The van der Waals surface area contributed by atoms with Crippen LogP contribution in [-0.4, -0.2) is 38.7 Å². The van der Waals surface area contributed by atoms with Gasteiger partial charge in [-0.1, -0.05) is 12.1 Å². The molecule has 1 aliphatic rings. The molecule has 0 radical (unpaired) electrons. The normalized spacial score (nSPS) is 19.3. The SMILES string of the molecule is CC1(O)CCN(Cc2nc(N)c3ccccc3n2)CC1. The maximum absolute atomic E-state index is 9.97. The zero-order chi connectivity index (χ0) is 14.2. The molecule has 2 aromatic rings. The van der Waals surface area contributed by atoms with Crippen molar-refractivity contribution >= 4 is 16.7 Å². The van der Waals surface area contributed by atoms with E-state index >= 15 is 0 Å². The van der Waals surface area contributed by atoms with E-state index in [1.54, 1.807) is 0 Å². The van der Waals surface area contributed by atoms with Gasteiger partial charge in [0.05, 0.1) is 17.7 Å². The molecule has 0 saturated carbocycles. The molecule has 0 aliphatic carbocycles. The Bertz CT molecular complexity index is 616. The summed E-state index contributed by atoms with van der Waals surface area (Å²) in [5.41, 5.74) is 6.36. The number of fused-ring (bicyclic) bond motifs is 1. The number of nitrogens with zero attached hydrogens (tertiary/aromatic N) is 3. The van der Waals surface area contributed by atoms with Crippen LogP contribution >= 0.6 is 0 Å². The van der Waals surface area contributed by atoms with Crippen LogP contribution < -0.4 is 5.73 Å². The van der Waals surface area contributed by atoms with Gasteiger partial charge < -0.3 is 10.8 Å². The summed E-state index contributed by atoms with van der Waals surface area (Å²) in [6.45, 7) is 4.31. The third-order valence-corrected chi connectivity index (χ3v) is 3.98. The first-order chi connectivity index (χ1) is 9.53. The molecule has 1 saturated heterocycles. The number of hydrogen-bond donors (Lipinski definition) is 2. The van der Waals surface area contributed by atoms with Crippen molar-refractivity contribution in [2.45, 2.75) is 31.9 Å². The van der Waals surface area contributed by atoms with Crippen molar-refractivity contribution in [1.29, 1.82) is 0 Å². The van der Waals surface area contributed by atoms with Crippen LogP contribution in [0.4, 0.5) is 5.82 Å². The number of piperidine rings is 1. The maximum Gasteiger partial charge on any atom is 0.145 e. The van der Waals surface area contributed by atoms with Gasteiger partial charge in [-0.2, -0.15) is 0 Å². The van der Waals surface area contributed by atoms with Crippen LogP contribution in [0.25, 0.3) is 10.9 Å². The Morgan fingerprint density at radius 2 is 1.95 bits per heavy atom. The lowest BCUT2D eigenvalue weighted by Gasteiger charge is -2.35. The third-order valence-electron chi connectivity index (χ3n) is 3.98. The largest absolute Gasteiger partial charge is 0.390 e. The molecule has 1 aromatic heterocycles. The van der Waals surface area contributed by atoms with Crippen LogP contribution in [0.15, 0.2) is 24.3 Å². The van der Waals surface area contributed by atoms with E-state index in [0.717, 1.165) is 42.7 Å². The molecule has 1 aliphatic heterocycles. The number of benzene rings is 1. The monoisotopic (exact) mass is 272 g/mol. The van der Waals surface area contributed by atoms with Crippen molar-refractivity contribution in [1.82, 2.24) is 14.9 Å². The summed E-state index contributed by atoms with van der Waals surface area (Å²) >= 11 is 0. The van der Waals surface area contributed by atoms with Crippen LogP contribution in [0.1, 0.15) is 25.6 Å². The second-order valence-electron chi connectivity index (χ2n) is 5.82. The molecule has 3 N–H and O–H groups in total. The second-order valence-corrected chi connectivity index (χ2v) is 5.82. The van der Waals surface area contributed by atoms with Gasteiger partial charge in [-0.3, -0.25) is 4.90 Å². The number of nitrogen functional groups attached to an aromatic ring is 1. The minimum Gasteiger partial charge on any atom is -0.390 e. The molecular formula is C15H20N4O. The Kier molecular flexibility index (Phi) is 3.31. The zero-order valence-electron chi connectivity index (χ0n) is 11.7. The van der Waals surface area contributed by atoms with Crippen LogP contribution in [0.2, 0.25) is 0 Å². The molecule has 0 amide bonds. The quantitative estimate of drug-likeness (QED) is 0.867. The number of likely N-dealkylation sites (tertiary alicyclic amines) is 1. The van der Waals surface area contributed by atoms with Gasteiger partial charge in [0.15, 0.2) is 0 Å². The number of hydrogen-bond acceptors (Lipinski definition) is 5. The predicted molar refractivity (Wildman–Crippen MR) is 79.1 cm³/mol. The van der Waals surface area contributed by atoms with Gasteiger partial charge in [-0.25, -0.2) is 9.97 Å². The van der Waals surface area contributed by atoms with E-state index in [-0.39, 0.29) is 0 Å². The van der Waals surface area contributed by atoms with Gasteiger partial charge in [-0.15, -0.1) is 0 Å². The smallest absolute Gasteiger partial charge is 0.145 e. The fourth-order valence-electron chi connectivity index (χ4n) is 2.61. The van der Waals surface area contributed by atoms with Crippen LogP contribution in [0, 0.1) is 0 Å². The minimum atomic E-state index is -0.528. The summed E-state index contributed by atoms with van der Waals surface area (Å²) in [5.74, 6) is 1.29. The van der Waals surface area contributed by atoms with Crippen molar-refractivity contribution in [3.63, 3.8) is 0 Å². The van der Waals surface area contributed by atoms with Gasteiger partial charge in [-0.05, 0) is 31.9 Å². The summed E-state index contributed by atoms with van der Waals surface area (Å²) in [5, 5.41) is 10.9. The van der Waals surface area contributed by atoms with Gasteiger partial charge in [0.25, 0.3) is 0 Å². The highest BCUT2D eigenvalue weighted by Crippen LogP contribution is 2.23. The summed E-state index contributed by atoms with van der Waals surface area (Å²) in [7, 11) is 0. The topological polar surface area (TPSA) is 75.3 Å². The first-order valence-corrected chi connectivity index (χ1v) is 6.99. The highest BCUT2D eigenvalue weighted by Gasteiger charge is 2.27. The number of anilines is 1. The zero-order valence-corrected chi connectivity index (χ0v) is 11.7. The lowest BCUT2D eigenvalue weighted by atomic mass is 9.94. The number of nitrogens with two attached hydrogens (primary N) is 1. The molecule has 0 spiro atoms. The van der Waals surface area contributed by atoms with Crippen molar-refractivity contribution in [3.05, 3.63) is 30.1 Å². The Labute approximate surface area is 118 Å². The highest BCUT2D eigenvalue weighted by atomic mass is 16.3. The van der Waals surface area contributed by atoms with Crippen molar-refractivity contribution in [2.24, 2.45) is 0 Å². The molecule has 106 valence electrons. The van der Waals surface area contributed by atoms with Gasteiger partial charge in [0.1, 0.15) is 11.6 Å². The van der Waals surface area contributed by atoms with Gasteiger partial charge in [0.2, 0.25) is 0 Å². The second kappa shape index (κ2) is 5.00. The number of rotatable bonds is 2. The first-order valence-electron chi connectivity index (χ1n) is 6.99.